The zero-order valence-electron chi connectivity index (χ0n) is 14.4. The molecule has 0 saturated heterocycles. The first-order chi connectivity index (χ1) is 11.3. The van der Waals surface area contributed by atoms with Crippen LogP contribution < -0.4 is 20.1 Å². The van der Waals surface area contributed by atoms with E-state index < -0.39 is 0 Å². The van der Waals surface area contributed by atoms with Gasteiger partial charge in [0, 0.05) is 26.3 Å². The lowest BCUT2D eigenvalue weighted by Gasteiger charge is -2.25. The molecule has 1 aliphatic rings. The van der Waals surface area contributed by atoms with E-state index >= 15 is 0 Å². The van der Waals surface area contributed by atoms with Gasteiger partial charge in [-0.25, -0.2) is 4.99 Å². The van der Waals surface area contributed by atoms with Gasteiger partial charge >= 0.3 is 0 Å². The second-order valence-corrected chi connectivity index (χ2v) is 5.19. The van der Waals surface area contributed by atoms with Gasteiger partial charge in [0.25, 0.3) is 0 Å². The third kappa shape index (κ3) is 7.12. The second-order valence-electron chi connectivity index (χ2n) is 5.19. The smallest absolute Gasteiger partial charge is 0.191 e. The van der Waals surface area contributed by atoms with Gasteiger partial charge in [-0.05, 0) is 32.4 Å². The van der Waals surface area contributed by atoms with E-state index in [1.807, 2.05) is 38.1 Å². The number of ether oxygens (including phenoxy) is 3. The maximum Gasteiger partial charge on any atom is 0.191 e. The van der Waals surface area contributed by atoms with Crippen molar-refractivity contribution in [2.45, 2.75) is 26.4 Å². The summed E-state index contributed by atoms with van der Waals surface area (Å²) in [5.41, 5.74) is 0. The number of halogens is 1. The Morgan fingerprint density at radius 2 is 2.04 bits per heavy atom. The van der Waals surface area contributed by atoms with E-state index in [-0.39, 0.29) is 30.1 Å². The zero-order valence-corrected chi connectivity index (χ0v) is 16.7. The van der Waals surface area contributed by atoms with E-state index in [9.17, 15) is 0 Å². The number of rotatable bonds is 8. The molecule has 2 rings (SSSR count). The highest BCUT2D eigenvalue weighted by Gasteiger charge is 2.20. The molecular formula is C17H28IN3O3. The summed E-state index contributed by atoms with van der Waals surface area (Å²) < 4.78 is 16.9. The maximum atomic E-state index is 5.91. The third-order valence-electron chi connectivity index (χ3n) is 3.33. The first-order valence-corrected chi connectivity index (χ1v) is 8.31. The Bertz CT molecular complexity index is 500. The Balaban J connectivity index is 0.00000288. The highest BCUT2D eigenvalue weighted by atomic mass is 127. The van der Waals surface area contributed by atoms with Crippen LogP contribution in [0.1, 0.15) is 20.3 Å². The summed E-state index contributed by atoms with van der Waals surface area (Å²) in [6, 6.07) is 7.72. The minimum atomic E-state index is -0.0659. The topological polar surface area (TPSA) is 64.1 Å². The van der Waals surface area contributed by atoms with E-state index in [0.717, 1.165) is 50.2 Å². The fraction of sp³-hybridized carbons (Fsp3) is 0.588. The Morgan fingerprint density at radius 3 is 2.79 bits per heavy atom. The predicted octanol–water partition coefficient (Wildman–Crippen LogP) is 2.43. The number of benzene rings is 1. The van der Waals surface area contributed by atoms with Gasteiger partial charge in [0.05, 0.1) is 6.54 Å². The number of aliphatic imine (C=N–C) groups is 1. The normalized spacial score (nSPS) is 16.2. The van der Waals surface area contributed by atoms with Crippen molar-refractivity contribution in [3.8, 4) is 11.5 Å². The van der Waals surface area contributed by atoms with Crippen LogP contribution in [0.25, 0.3) is 0 Å². The van der Waals surface area contributed by atoms with Crippen LogP contribution in [0.15, 0.2) is 29.3 Å². The minimum Gasteiger partial charge on any atom is -0.486 e. The number of hydrogen-bond acceptors (Lipinski definition) is 4. The van der Waals surface area contributed by atoms with Crippen LogP contribution in [0.4, 0.5) is 0 Å². The average Bonchev–Trinajstić information content (AvgIpc) is 2.59. The quantitative estimate of drug-likeness (QED) is 0.276. The molecule has 0 saturated carbocycles. The van der Waals surface area contributed by atoms with Crippen LogP contribution >= 0.6 is 24.0 Å². The molecule has 1 unspecified atom stereocenters. The molecule has 1 heterocycles. The van der Waals surface area contributed by atoms with E-state index in [0.29, 0.717) is 13.2 Å². The van der Waals surface area contributed by atoms with Crippen molar-refractivity contribution in [2.24, 2.45) is 4.99 Å². The molecule has 1 aromatic rings. The second kappa shape index (κ2) is 12.2. The highest BCUT2D eigenvalue weighted by molar-refractivity contribution is 14.0. The molecule has 0 spiro atoms. The molecule has 1 aliphatic heterocycles. The first kappa shape index (κ1) is 20.8. The van der Waals surface area contributed by atoms with Crippen LogP contribution in [0, 0.1) is 0 Å². The van der Waals surface area contributed by atoms with Crippen molar-refractivity contribution >= 4 is 29.9 Å². The van der Waals surface area contributed by atoms with Gasteiger partial charge in [0.15, 0.2) is 23.6 Å². The lowest BCUT2D eigenvalue weighted by Crippen LogP contribution is -2.40. The average molecular weight is 449 g/mol. The molecule has 0 radical (unpaired) electrons. The fourth-order valence-corrected chi connectivity index (χ4v) is 2.21. The van der Waals surface area contributed by atoms with E-state index in [2.05, 4.69) is 15.6 Å². The monoisotopic (exact) mass is 449 g/mol. The molecule has 1 atom stereocenters. The van der Waals surface area contributed by atoms with Gasteiger partial charge < -0.3 is 24.8 Å². The largest absolute Gasteiger partial charge is 0.486 e. The Hall–Kier alpha value is -1.22. The summed E-state index contributed by atoms with van der Waals surface area (Å²) in [6.45, 7) is 8.29. The van der Waals surface area contributed by atoms with E-state index in [1.165, 1.54) is 0 Å². The Morgan fingerprint density at radius 1 is 1.25 bits per heavy atom. The van der Waals surface area contributed by atoms with Crippen LogP contribution in [0.2, 0.25) is 0 Å². The fourth-order valence-electron chi connectivity index (χ4n) is 2.21. The van der Waals surface area contributed by atoms with Gasteiger partial charge in [-0.1, -0.05) is 12.1 Å². The van der Waals surface area contributed by atoms with Crippen molar-refractivity contribution in [1.29, 1.82) is 0 Å². The van der Waals surface area contributed by atoms with Crippen molar-refractivity contribution in [3.05, 3.63) is 24.3 Å². The minimum absolute atomic E-state index is 0. The molecule has 0 aliphatic carbocycles. The molecule has 0 aromatic heterocycles. The van der Waals surface area contributed by atoms with Crippen LogP contribution in [-0.4, -0.2) is 51.5 Å². The van der Waals surface area contributed by atoms with Crippen LogP contribution in [-0.2, 0) is 4.74 Å². The number of guanidine groups is 1. The summed E-state index contributed by atoms with van der Waals surface area (Å²) in [5, 5.41) is 6.53. The first-order valence-electron chi connectivity index (χ1n) is 8.31. The van der Waals surface area contributed by atoms with Crippen molar-refractivity contribution in [1.82, 2.24) is 10.6 Å². The number of hydrogen-bond donors (Lipinski definition) is 2. The van der Waals surface area contributed by atoms with E-state index in [1.54, 1.807) is 0 Å². The molecule has 24 heavy (non-hydrogen) atoms. The van der Waals surface area contributed by atoms with Gasteiger partial charge in [-0.15, -0.1) is 24.0 Å². The van der Waals surface area contributed by atoms with Crippen LogP contribution in [0.3, 0.4) is 0 Å². The van der Waals surface area contributed by atoms with Crippen molar-refractivity contribution in [3.63, 3.8) is 0 Å². The number of fused-ring (bicyclic) bond motifs is 1. The molecule has 2 N–H and O–H groups in total. The molecule has 136 valence electrons. The molecule has 1 aromatic carbocycles. The maximum absolute atomic E-state index is 5.91. The van der Waals surface area contributed by atoms with Crippen molar-refractivity contribution in [2.75, 3.05) is 39.5 Å². The third-order valence-corrected chi connectivity index (χ3v) is 3.33. The van der Waals surface area contributed by atoms with Gasteiger partial charge in [0.1, 0.15) is 6.61 Å². The molecule has 0 fully saturated rings. The molecule has 6 nitrogen and oxygen atoms in total. The van der Waals surface area contributed by atoms with Gasteiger partial charge in [-0.3, -0.25) is 0 Å². The summed E-state index contributed by atoms with van der Waals surface area (Å²) in [4.78, 5) is 4.58. The standard InChI is InChI=1S/C17H27N3O3.HI/c1-3-18-17(19-10-7-11-21-4-2)20-12-14-13-22-15-8-5-6-9-16(15)23-14;/h5-6,8-9,14H,3-4,7,10-13H2,1-2H3,(H2,18,19,20);1H. The predicted molar refractivity (Wildman–Crippen MR) is 107 cm³/mol. The van der Waals surface area contributed by atoms with Gasteiger partial charge in [0.2, 0.25) is 0 Å². The Labute approximate surface area is 161 Å². The molecule has 0 amide bonds. The zero-order chi connectivity index (χ0) is 16.3. The lowest BCUT2D eigenvalue weighted by atomic mass is 10.2. The summed E-state index contributed by atoms with van der Waals surface area (Å²) in [6.07, 6.45) is 0.887. The van der Waals surface area contributed by atoms with E-state index in [4.69, 9.17) is 14.2 Å². The van der Waals surface area contributed by atoms with Crippen LogP contribution in [0.5, 0.6) is 11.5 Å². The van der Waals surface area contributed by atoms with Crippen molar-refractivity contribution < 1.29 is 14.2 Å². The summed E-state index contributed by atoms with van der Waals surface area (Å²) in [5.74, 6) is 2.38. The Kier molecular flexibility index (Phi) is 10.6. The molecule has 0 bridgehead atoms. The summed E-state index contributed by atoms with van der Waals surface area (Å²) >= 11 is 0. The molecular weight excluding hydrogens is 421 g/mol. The highest BCUT2D eigenvalue weighted by Crippen LogP contribution is 2.30. The lowest BCUT2D eigenvalue weighted by molar-refractivity contribution is 0.0971. The molecule has 7 heteroatoms. The number of para-hydroxylation sites is 2. The van der Waals surface area contributed by atoms with Gasteiger partial charge in [-0.2, -0.15) is 0 Å². The number of nitrogens with zero attached hydrogens (tertiary/aromatic N) is 1. The SMILES string of the molecule is CCNC(=NCC1COc2ccccc2O1)NCCCOCC.I. The summed E-state index contributed by atoms with van der Waals surface area (Å²) in [7, 11) is 0. The number of nitrogens with one attached hydrogen (secondary N) is 2.